The first-order chi connectivity index (χ1) is 14.5. The van der Waals surface area contributed by atoms with Gasteiger partial charge in [0.15, 0.2) is 0 Å². The van der Waals surface area contributed by atoms with Crippen molar-refractivity contribution in [3.05, 3.63) is 60.2 Å². The maximum absolute atomic E-state index is 13.3. The number of carbonyl (C=O) groups is 2. The highest BCUT2D eigenvalue weighted by Crippen LogP contribution is 2.18. The average molecular weight is 407 g/mol. The number of hydrogen-bond donors (Lipinski definition) is 1. The third kappa shape index (κ3) is 6.43. The molecule has 6 nitrogen and oxygen atoms in total. The monoisotopic (exact) mass is 406 g/mol. The van der Waals surface area contributed by atoms with Crippen LogP contribution in [-0.4, -0.2) is 42.4 Å². The summed E-state index contributed by atoms with van der Waals surface area (Å²) in [7, 11) is 0. The second kappa shape index (κ2) is 11.7. The Balaban J connectivity index is 2.14. The second-order valence-corrected chi connectivity index (χ2v) is 7.24. The van der Waals surface area contributed by atoms with Gasteiger partial charge in [0.2, 0.25) is 11.8 Å². The van der Waals surface area contributed by atoms with E-state index in [4.69, 9.17) is 5.26 Å². The Hall–Kier alpha value is -3.17. The summed E-state index contributed by atoms with van der Waals surface area (Å²) >= 11 is 0. The molecule has 0 radical (unpaired) electrons. The highest BCUT2D eigenvalue weighted by Gasteiger charge is 2.28. The number of carbonyl (C=O) groups excluding carboxylic acids is 2. The van der Waals surface area contributed by atoms with Crippen molar-refractivity contribution in [2.45, 2.75) is 39.7 Å². The largest absolute Gasteiger partial charge is 0.325 e. The van der Waals surface area contributed by atoms with Crippen molar-refractivity contribution in [2.24, 2.45) is 0 Å². The van der Waals surface area contributed by atoms with Gasteiger partial charge < -0.3 is 10.2 Å². The minimum atomic E-state index is -0.494. The standard InChI is InChI=1S/C24H30N4O2/c1-4-16-27(18-23(29)26-22-14-9-8-11-19(22)2)20(3)24(30)28(17-10-15-25)21-12-6-5-7-13-21/h5-9,11-14,20H,4,10,16-18H2,1-3H3,(H,26,29). The Kier molecular flexibility index (Phi) is 9.04. The zero-order chi connectivity index (χ0) is 21.9. The van der Waals surface area contributed by atoms with Crippen molar-refractivity contribution >= 4 is 23.2 Å². The molecule has 1 unspecified atom stereocenters. The summed E-state index contributed by atoms with van der Waals surface area (Å²) in [5.41, 5.74) is 2.52. The molecule has 2 aromatic rings. The van der Waals surface area contributed by atoms with Crippen LogP contribution < -0.4 is 10.2 Å². The maximum atomic E-state index is 13.3. The van der Waals surface area contributed by atoms with Gasteiger partial charge in [-0.05, 0) is 50.6 Å². The molecule has 0 aliphatic carbocycles. The molecule has 0 fully saturated rings. The van der Waals surface area contributed by atoms with E-state index >= 15 is 0 Å². The third-order valence-corrected chi connectivity index (χ3v) is 4.96. The number of aryl methyl sites for hydroxylation is 1. The zero-order valence-corrected chi connectivity index (χ0v) is 18.0. The van der Waals surface area contributed by atoms with Crippen molar-refractivity contribution in [1.82, 2.24) is 4.90 Å². The molecule has 0 saturated carbocycles. The first-order valence-corrected chi connectivity index (χ1v) is 10.3. The number of anilines is 2. The molecule has 0 heterocycles. The number of benzene rings is 2. The van der Waals surface area contributed by atoms with Crippen molar-refractivity contribution < 1.29 is 9.59 Å². The molecule has 2 rings (SSSR count). The molecule has 30 heavy (non-hydrogen) atoms. The first-order valence-electron chi connectivity index (χ1n) is 10.3. The lowest BCUT2D eigenvalue weighted by atomic mass is 10.1. The highest BCUT2D eigenvalue weighted by molar-refractivity contribution is 5.98. The van der Waals surface area contributed by atoms with Crippen LogP contribution in [0.1, 0.15) is 32.3 Å². The predicted molar refractivity (Wildman–Crippen MR) is 120 cm³/mol. The summed E-state index contributed by atoms with van der Waals surface area (Å²) in [6.45, 7) is 6.85. The van der Waals surface area contributed by atoms with Crippen molar-refractivity contribution in [3.8, 4) is 6.07 Å². The molecule has 0 bridgehead atoms. The molecule has 1 atom stereocenters. The number of nitrogens with zero attached hydrogens (tertiary/aromatic N) is 3. The van der Waals surface area contributed by atoms with Gasteiger partial charge in [-0.15, -0.1) is 0 Å². The van der Waals surface area contributed by atoms with Crippen LogP contribution in [0.5, 0.6) is 0 Å². The highest BCUT2D eigenvalue weighted by atomic mass is 16.2. The maximum Gasteiger partial charge on any atom is 0.244 e. The molecule has 6 heteroatoms. The number of amides is 2. The Bertz CT molecular complexity index is 876. The van der Waals surface area contributed by atoms with E-state index in [9.17, 15) is 9.59 Å². The summed E-state index contributed by atoms with van der Waals surface area (Å²) in [4.78, 5) is 29.5. The van der Waals surface area contributed by atoms with Crippen LogP contribution in [0.25, 0.3) is 0 Å². The van der Waals surface area contributed by atoms with Crippen LogP contribution >= 0.6 is 0 Å². The molecule has 0 aromatic heterocycles. The Morgan fingerprint density at radius 2 is 1.73 bits per heavy atom. The van der Waals surface area contributed by atoms with Gasteiger partial charge in [-0.3, -0.25) is 14.5 Å². The van der Waals surface area contributed by atoms with Crippen LogP contribution in [0.3, 0.4) is 0 Å². The lowest BCUT2D eigenvalue weighted by Gasteiger charge is -2.32. The predicted octanol–water partition coefficient (Wildman–Crippen LogP) is 3.98. The van der Waals surface area contributed by atoms with Gasteiger partial charge in [-0.1, -0.05) is 43.3 Å². The summed E-state index contributed by atoms with van der Waals surface area (Å²) in [5, 5.41) is 11.9. The van der Waals surface area contributed by atoms with E-state index < -0.39 is 6.04 Å². The number of nitrogens with one attached hydrogen (secondary N) is 1. The minimum absolute atomic E-state index is 0.117. The first kappa shape index (κ1) is 23.1. The van der Waals surface area contributed by atoms with E-state index in [0.29, 0.717) is 13.1 Å². The summed E-state index contributed by atoms with van der Waals surface area (Å²) in [5.74, 6) is -0.269. The number of rotatable bonds is 10. The van der Waals surface area contributed by atoms with Crippen LogP contribution in [-0.2, 0) is 9.59 Å². The normalized spacial score (nSPS) is 11.6. The number of hydrogen-bond acceptors (Lipinski definition) is 4. The van der Waals surface area contributed by atoms with Gasteiger partial charge >= 0.3 is 0 Å². The number of para-hydroxylation sites is 2. The van der Waals surface area contributed by atoms with E-state index in [1.54, 1.807) is 4.90 Å². The van der Waals surface area contributed by atoms with Crippen LogP contribution in [0.15, 0.2) is 54.6 Å². The Morgan fingerprint density at radius 3 is 2.37 bits per heavy atom. The lowest BCUT2D eigenvalue weighted by Crippen LogP contribution is -2.50. The van der Waals surface area contributed by atoms with E-state index in [1.807, 2.05) is 80.3 Å². The van der Waals surface area contributed by atoms with Gasteiger partial charge in [0.25, 0.3) is 0 Å². The van der Waals surface area contributed by atoms with E-state index in [1.165, 1.54) is 0 Å². The summed E-state index contributed by atoms with van der Waals surface area (Å²) < 4.78 is 0. The summed E-state index contributed by atoms with van der Waals surface area (Å²) in [6.07, 6.45) is 1.06. The lowest BCUT2D eigenvalue weighted by molar-refractivity contribution is -0.125. The third-order valence-electron chi connectivity index (χ3n) is 4.96. The van der Waals surface area contributed by atoms with E-state index in [2.05, 4.69) is 11.4 Å². The Labute approximate surface area is 179 Å². The van der Waals surface area contributed by atoms with Crippen LogP contribution in [0, 0.1) is 18.3 Å². The quantitative estimate of drug-likeness (QED) is 0.647. The SMILES string of the molecule is CCCN(CC(=O)Nc1ccccc1C)C(C)C(=O)N(CCC#N)c1ccccc1. The molecule has 0 spiro atoms. The molecule has 0 aliphatic heterocycles. The second-order valence-electron chi connectivity index (χ2n) is 7.24. The molecular formula is C24H30N4O2. The zero-order valence-electron chi connectivity index (χ0n) is 18.0. The summed E-state index contributed by atoms with van der Waals surface area (Å²) in [6, 6.07) is 18.6. The van der Waals surface area contributed by atoms with E-state index in [-0.39, 0.29) is 24.8 Å². The fraction of sp³-hybridized carbons (Fsp3) is 0.375. The minimum Gasteiger partial charge on any atom is -0.325 e. The molecule has 158 valence electrons. The molecule has 0 saturated heterocycles. The molecule has 2 amide bonds. The van der Waals surface area contributed by atoms with E-state index in [0.717, 1.165) is 23.4 Å². The van der Waals surface area contributed by atoms with Gasteiger partial charge in [0.05, 0.1) is 25.1 Å². The van der Waals surface area contributed by atoms with Gasteiger partial charge in [-0.2, -0.15) is 5.26 Å². The fourth-order valence-electron chi connectivity index (χ4n) is 3.30. The van der Waals surface area contributed by atoms with Crippen molar-refractivity contribution in [3.63, 3.8) is 0 Å². The van der Waals surface area contributed by atoms with Gasteiger partial charge in [0.1, 0.15) is 0 Å². The number of nitriles is 1. The molecule has 0 aliphatic rings. The van der Waals surface area contributed by atoms with Crippen molar-refractivity contribution in [1.29, 1.82) is 5.26 Å². The Morgan fingerprint density at radius 1 is 1.07 bits per heavy atom. The molecule has 1 N–H and O–H groups in total. The fourth-order valence-corrected chi connectivity index (χ4v) is 3.30. The van der Waals surface area contributed by atoms with Crippen LogP contribution in [0.4, 0.5) is 11.4 Å². The van der Waals surface area contributed by atoms with Gasteiger partial charge in [-0.25, -0.2) is 0 Å². The van der Waals surface area contributed by atoms with Crippen LogP contribution in [0.2, 0.25) is 0 Å². The van der Waals surface area contributed by atoms with Crippen molar-refractivity contribution in [2.75, 3.05) is 29.9 Å². The topological polar surface area (TPSA) is 76.4 Å². The molecular weight excluding hydrogens is 376 g/mol. The molecule has 2 aromatic carbocycles. The average Bonchev–Trinajstić information content (AvgIpc) is 2.75. The smallest absolute Gasteiger partial charge is 0.244 e. The van der Waals surface area contributed by atoms with Gasteiger partial charge in [0, 0.05) is 17.9 Å².